The lowest BCUT2D eigenvalue weighted by molar-refractivity contribution is -0.183. The van der Waals surface area contributed by atoms with Crippen LogP contribution in [-0.4, -0.2) is 97.9 Å². The fourth-order valence-corrected chi connectivity index (χ4v) is 3.52. The molecule has 3 heterocycles. The molecule has 2 fully saturated rings. The third-order valence-electron chi connectivity index (χ3n) is 5.26. The summed E-state index contributed by atoms with van der Waals surface area (Å²) in [6.45, 7) is 2.89. The number of morpholine rings is 2. The Labute approximate surface area is 195 Å². The number of nitrogens with one attached hydrogen (secondary N) is 4. The molecule has 184 valence electrons. The molecule has 1 aromatic heterocycles. The van der Waals surface area contributed by atoms with Gasteiger partial charge in [0.05, 0.1) is 44.3 Å². The molecule has 4 N–H and O–H groups in total. The van der Waals surface area contributed by atoms with E-state index < -0.39 is 24.0 Å². The number of fused-ring (bicyclic) bond motifs is 1. The lowest BCUT2D eigenvalue weighted by Crippen LogP contribution is -2.51. The number of hydrazine groups is 2. The summed E-state index contributed by atoms with van der Waals surface area (Å²) < 4.78 is 11.1. The number of rotatable bonds is 8. The van der Waals surface area contributed by atoms with Crippen molar-refractivity contribution in [3.63, 3.8) is 0 Å². The first-order chi connectivity index (χ1) is 16.6. The van der Waals surface area contributed by atoms with Gasteiger partial charge in [0.25, 0.3) is 11.8 Å². The van der Waals surface area contributed by atoms with Crippen LogP contribution in [-0.2, 0) is 28.7 Å². The maximum absolute atomic E-state index is 12.9. The number of carbonyl (C=O) groups is 2. The van der Waals surface area contributed by atoms with Crippen molar-refractivity contribution in [2.75, 3.05) is 64.5 Å². The van der Waals surface area contributed by atoms with Crippen LogP contribution >= 0.6 is 0 Å². The first-order valence-electron chi connectivity index (χ1n) is 10.8. The molecular formula is C20H28N8O6. The van der Waals surface area contributed by atoms with E-state index in [-0.39, 0.29) is 0 Å². The standard InChI is InChI=1S/C20H28N8O6/c1-31-27(19(29)17-10-21-3-5-33-17)25-15-7-13-9-23-12-24-14(13)8-16(15)26-28(32-2)20(30)18-11-22-4-6-34-18/h7-9,12,17-18,21-22,25-26H,3-6,10-11H2,1-2H3. The summed E-state index contributed by atoms with van der Waals surface area (Å²) in [4.78, 5) is 44.7. The predicted octanol–water partition coefficient (Wildman–Crippen LogP) is -0.960. The number of anilines is 2. The first kappa shape index (κ1) is 24.0. The summed E-state index contributed by atoms with van der Waals surface area (Å²) in [7, 11) is 2.71. The molecule has 14 heteroatoms. The van der Waals surface area contributed by atoms with Crippen molar-refractivity contribution >= 4 is 34.1 Å². The van der Waals surface area contributed by atoms with Crippen molar-refractivity contribution in [1.29, 1.82) is 0 Å². The van der Waals surface area contributed by atoms with E-state index in [9.17, 15) is 9.59 Å². The molecule has 0 saturated carbocycles. The van der Waals surface area contributed by atoms with Gasteiger partial charge >= 0.3 is 0 Å². The van der Waals surface area contributed by atoms with Gasteiger partial charge in [0.15, 0.2) is 12.2 Å². The van der Waals surface area contributed by atoms with Gasteiger partial charge in [0.1, 0.15) is 6.33 Å². The highest BCUT2D eigenvalue weighted by atomic mass is 16.7. The number of carbonyl (C=O) groups excluding carboxylic acids is 2. The van der Waals surface area contributed by atoms with Crippen LogP contribution in [0.2, 0.25) is 0 Å². The minimum Gasteiger partial charge on any atom is -0.366 e. The third kappa shape index (κ3) is 5.49. The lowest BCUT2D eigenvalue weighted by Gasteiger charge is -2.31. The molecule has 2 amide bonds. The Kier molecular flexibility index (Phi) is 7.99. The topological polar surface area (TPSA) is 151 Å². The Morgan fingerprint density at radius 1 is 0.971 bits per heavy atom. The van der Waals surface area contributed by atoms with Crippen molar-refractivity contribution in [2.45, 2.75) is 12.2 Å². The summed E-state index contributed by atoms with van der Waals surface area (Å²) in [5.41, 5.74) is 7.26. The van der Waals surface area contributed by atoms with Crippen LogP contribution < -0.4 is 21.5 Å². The number of hydrogen-bond donors (Lipinski definition) is 4. The number of ether oxygens (including phenoxy) is 2. The fourth-order valence-electron chi connectivity index (χ4n) is 3.52. The molecule has 0 spiro atoms. The molecule has 2 atom stereocenters. The van der Waals surface area contributed by atoms with E-state index in [2.05, 4.69) is 31.5 Å². The summed E-state index contributed by atoms with van der Waals surface area (Å²) in [6.07, 6.45) is 1.62. The van der Waals surface area contributed by atoms with Crippen molar-refractivity contribution in [3.05, 3.63) is 24.7 Å². The number of hydroxylamine groups is 2. The SMILES string of the molecule is CON(Nc1cc2cncnc2cc1NN(OC)C(=O)C1CNCCO1)C(=O)C1CNCCO1. The second kappa shape index (κ2) is 11.3. The molecule has 0 radical (unpaired) electrons. The Bertz CT molecular complexity index is 920. The van der Waals surface area contributed by atoms with Gasteiger partial charge in [-0.05, 0) is 12.1 Å². The van der Waals surface area contributed by atoms with Crippen molar-refractivity contribution in [3.8, 4) is 0 Å². The van der Waals surface area contributed by atoms with Crippen LogP contribution in [0.1, 0.15) is 0 Å². The van der Waals surface area contributed by atoms with E-state index in [0.29, 0.717) is 61.7 Å². The monoisotopic (exact) mass is 476 g/mol. The molecule has 4 rings (SSSR count). The zero-order valence-corrected chi connectivity index (χ0v) is 18.9. The van der Waals surface area contributed by atoms with Crippen LogP contribution in [0.15, 0.2) is 24.7 Å². The summed E-state index contributed by atoms with van der Waals surface area (Å²) in [5.74, 6) is -0.851. The second-order valence-electron chi connectivity index (χ2n) is 7.46. The average molecular weight is 476 g/mol. The molecule has 0 bridgehead atoms. The highest BCUT2D eigenvalue weighted by Gasteiger charge is 2.30. The molecule has 2 unspecified atom stereocenters. The zero-order chi connectivity index (χ0) is 23.9. The summed E-state index contributed by atoms with van der Waals surface area (Å²) in [6, 6.07) is 3.41. The molecule has 34 heavy (non-hydrogen) atoms. The zero-order valence-electron chi connectivity index (χ0n) is 18.9. The second-order valence-corrected chi connectivity index (χ2v) is 7.46. The highest BCUT2D eigenvalue weighted by Crippen LogP contribution is 2.28. The van der Waals surface area contributed by atoms with Gasteiger partial charge in [-0.2, -0.15) is 0 Å². The number of hydrogen-bond acceptors (Lipinski definition) is 12. The van der Waals surface area contributed by atoms with Gasteiger partial charge in [-0.3, -0.25) is 30.1 Å². The average Bonchev–Trinajstić information content (AvgIpc) is 2.90. The van der Waals surface area contributed by atoms with Crippen LogP contribution in [0.5, 0.6) is 0 Å². The molecule has 2 aliphatic rings. The molecule has 0 aliphatic carbocycles. The van der Waals surface area contributed by atoms with E-state index in [0.717, 1.165) is 10.3 Å². The van der Waals surface area contributed by atoms with Gasteiger partial charge in [0, 0.05) is 37.8 Å². The minimum absolute atomic E-state index is 0.359. The minimum atomic E-state index is -0.714. The predicted molar refractivity (Wildman–Crippen MR) is 120 cm³/mol. The maximum atomic E-state index is 12.9. The van der Waals surface area contributed by atoms with E-state index in [4.69, 9.17) is 19.1 Å². The Balaban J connectivity index is 1.59. The number of nitrogens with zero attached hydrogens (tertiary/aromatic N) is 4. The molecule has 14 nitrogen and oxygen atoms in total. The van der Waals surface area contributed by atoms with Crippen molar-refractivity contribution in [1.82, 2.24) is 30.9 Å². The maximum Gasteiger partial charge on any atom is 0.296 e. The molecule has 1 aromatic carbocycles. The molecule has 2 aliphatic heterocycles. The van der Waals surface area contributed by atoms with Crippen LogP contribution in [0.4, 0.5) is 11.4 Å². The Morgan fingerprint density at radius 3 is 2.03 bits per heavy atom. The largest absolute Gasteiger partial charge is 0.366 e. The van der Waals surface area contributed by atoms with Crippen LogP contribution in [0.25, 0.3) is 10.9 Å². The van der Waals surface area contributed by atoms with E-state index in [1.165, 1.54) is 20.5 Å². The number of amides is 2. The van der Waals surface area contributed by atoms with Gasteiger partial charge in [0.2, 0.25) is 0 Å². The highest BCUT2D eigenvalue weighted by molar-refractivity contribution is 5.91. The first-order valence-corrected chi connectivity index (χ1v) is 10.8. The fraction of sp³-hybridized carbons (Fsp3) is 0.500. The van der Waals surface area contributed by atoms with Gasteiger partial charge < -0.3 is 20.1 Å². The smallest absolute Gasteiger partial charge is 0.296 e. The number of benzene rings is 1. The van der Waals surface area contributed by atoms with E-state index in [1.54, 1.807) is 18.3 Å². The van der Waals surface area contributed by atoms with Gasteiger partial charge in [-0.15, -0.1) is 10.3 Å². The third-order valence-corrected chi connectivity index (χ3v) is 5.26. The lowest BCUT2D eigenvalue weighted by atomic mass is 10.2. The molecule has 2 saturated heterocycles. The van der Waals surface area contributed by atoms with Crippen molar-refractivity contribution < 1.29 is 28.7 Å². The van der Waals surface area contributed by atoms with Gasteiger partial charge in [-0.1, -0.05) is 0 Å². The van der Waals surface area contributed by atoms with Gasteiger partial charge in [-0.25, -0.2) is 9.97 Å². The van der Waals surface area contributed by atoms with Crippen LogP contribution in [0.3, 0.4) is 0 Å². The summed E-state index contributed by atoms with van der Waals surface area (Å²) >= 11 is 0. The van der Waals surface area contributed by atoms with Crippen LogP contribution in [0, 0.1) is 0 Å². The quantitative estimate of drug-likeness (QED) is 0.347. The molecular weight excluding hydrogens is 448 g/mol. The summed E-state index contributed by atoms with van der Waals surface area (Å²) in [5, 5.41) is 8.86. The Morgan fingerprint density at radius 2 is 1.53 bits per heavy atom. The van der Waals surface area contributed by atoms with E-state index in [1.807, 2.05) is 0 Å². The van der Waals surface area contributed by atoms with Crippen molar-refractivity contribution in [2.24, 2.45) is 0 Å². The van der Waals surface area contributed by atoms with E-state index >= 15 is 0 Å². The molecule has 2 aromatic rings. The normalized spacial score (nSPS) is 20.5. The Hall–Kier alpha value is -3.14. The number of aromatic nitrogens is 2.